The zero-order valence-electron chi connectivity index (χ0n) is 19.8. The van der Waals surface area contributed by atoms with E-state index >= 15 is 8.78 Å². The molecule has 0 amide bonds. The zero-order chi connectivity index (χ0) is 27.3. The van der Waals surface area contributed by atoms with Crippen LogP contribution in [0.1, 0.15) is 38.3 Å². The van der Waals surface area contributed by atoms with Crippen molar-refractivity contribution in [3.8, 4) is 17.2 Å². The fourth-order valence-corrected chi connectivity index (χ4v) is 4.44. The van der Waals surface area contributed by atoms with Gasteiger partial charge in [-0.25, -0.2) is 14.4 Å². The Hall–Kier alpha value is -5.12. The molecule has 8 nitrogen and oxygen atoms in total. The summed E-state index contributed by atoms with van der Waals surface area (Å²) >= 11 is 0. The maximum atomic E-state index is 15.2. The Labute approximate surface area is 219 Å². The smallest absolute Gasteiger partial charge is 0.347 e. The van der Waals surface area contributed by atoms with Gasteiger partial charge in [0.1, 0.15) is 23.0 Å². The van der Waals surface area contributed by atoms with Crippen LogP contribution in [0.3, 0.4) is 0 Å². The van der Waals surface area contributed by atoms with E-state index < -0.39 is 35.7 Å². The Balaban J connectivity index is 1.13. The maximum absolute atomic E-state index is 15.2. The summed E-state index contributed by atoms with van der Waals surface area (Å²) in [5.74, 6) is -5.68. The van der Waals surface area contributed by atoms with Gasteiger partial charge >= 0.3 is 23.9 Å². The molecular formula is C29H16F2O8. The van der Waals surface area contributed by atoms with E-state index in [-0.39, 0.29) is 45.7 Å². The van der Waals surface area contributed by atoms with Crippen molar-refractivity contribution in [2.45, 2.75) is 12.3 Å². The number of hydrogen-bond acceptors (Lipinski definition) is 8. The molecule has 0 bridgehead atoms. The van der Waals surface area contributed by atoms with Gasteiger partial charge in [0, 0.05) is 17.5 Å². The summed E-state index contributed by atoms with van der Waals surface area (Å²) in [6, 6.07) is 14.7. The predicted molar refractivity (Wildman–Crippen MR) is 128 cm³/mol. The minimum absolute atomic E-state index is 0.0743. The van der Waals surface area contributed by atoms with E-state index in [1.54, 1.807) is 6.08 Å². The normalized spacial score (nSPS) is 18.1. The number of allylic oxidation sites excluding steroid dienone is 3. The molecule has 0 saturated carbocycles. The van der Waals surface area contributed by atoms with Gasteiger partial charge in [-0.15, -0.1) is 0 Å². The van der Waals surface area contributed by atoms with Crippen LogP contribution >= 0.6 is 0 Å². The van der Waals surface area contributed by atoms with Crippen molar-refractivity contribution >= 4 is 23.9 Å². The van der Waals surface area contributed by atoms with Crippen LogP contribution < -0.4 is 9.47 Å². The van der Waals surface area contributed by atoms with Crippen LogP contribution in [0.25, 0.3) is 0 Å². The van der Waals surface area contributed by atoms with Crippen LogP contribution in [0.15, 0.2) is 90.2 Å². The van der Waals surface area contributed by atoms with Crippen LogP contribution in [-0.2, 0) is 25.0 Å². The van der Waals surface area contributed by atoms with Crippen LogP contribution in [0.2, 0.25) is 0 Å². The number of benzene rings is 3. The third-order valence-electron chi connectivity index (χ3n) is 6.48. The highest BCUT2D eigenvalue weighted by Crippen LogP contribution is 2.38. The molecule has 2 heterocycles. The summed E-state index contributed by atoms with van der Waals surface area (Å²) in [5.41, 5.74) is -0.0635. The van der Waals surface area contributed by atoms with Gasteiger partial charge in [-0.3, -0.25) is 4.79 Å². The molecule has 1 saturated heterocycles. The fourth-order valence-electron chi connectivity index (χ4n) is 4.44. The molecule has 1 fully saturated rings. The van der Waals surface area contributed by atoms with E-state index in [0.717, 1.165) is 0 Å². The Kier molecular flexibility index (Phi) is 5.60. The summed E-state index contributed by atoms with van der Waals surface area (Å²) in [6.07, 6.45) is 3.15. The number of ether oxygens (including phenoxy) is 4. The molecule has 3 aromatic rings. The third kappa shape index (κ3) is 4.35. The molecule has 6 rings (SSSR count). The summed E-state index contributed by atoms with van der Waals surface area (Å²) < 4.78 is 51.0. The standard InChI is InChI=1S/C29H16F2O8/c30-29(31,15-1-5-17(6-2-15)36-19-9-11-21-23(13-19)27(34)38-25(21)32)16-3-7-18(8-4-16)37-20-10-12-22-24(14-20)28(35)39-26(22)33/h1-13,24H,14H2. The summed E-state index contributed by atoms with van der Waals surface area (Å²) in [5, 5.41) is 0. The molecule has 3 aromatic carbocycles. The summed E-state index contributed by atoms with van der Waals surface area (Å²) in [7, 11) is 0. The summed E-state index contributed by atoms with van der Waals surface area (Å²) in [4.78, 5) is 46.7. The molecule has 1 unspecified atom stereocenters. The molecular weight excluding hydrogens is 514 g/mol. The molecule has 1 atom stereocenters. The van der Waals surface area contributed by atoms with Gasteiger partial charge in [0.2, 0.25) is 0 Å². The second-order valence-corrected chi connectivity index (χ2v) is 8.93. The third-order valence-corrected chi connectivity index (χ3v) is 6.48. The fraction of sp³-hybridized carbons (Fsp3) is 0.103. The highest BCUT2D eigenvalue weighted by Gasteiger charge is 2.41. The Morgan fingerprint density at radius 2 is 1.26 bits per heavy atom. The van der Waals surface area contributed by atoms with Crippen molar-refractivity contribution in [3.05, 3.63) is 112 Å². The predicted octanol–water partition coefficient (Wildman–Crippen LogP) is 5.22. The largest absolute Gasteiger partial charge is 0.462 e. The molecule has 194 valence electrons. The first-order valence-corrected chi connectivity index (χ1v) is 11.7. The van der Waals surface area contributed by atoms with Gasteiger partial charge < -0.3 is 18.9 Å². The van der Waals surface area contributed by atoms with E-state index in [2.05, 4.69) is 9.47 Å². The van der Waals surface area contributed by atoms with Crippen LogP contribution in [0.4, 0.5) is 8.78 Å². The second-order valence-electron chi connectivity index (χ2n) is 8.93. The Morgan fingerprint density at radius 1 is 0.667 bits per heavy atom. The van der Waals surface area contributed by atoms with Crippen molar-refractivity contribution in [3.63, 3.8) is 0 Å². The molecule has 39 heavy (non-hydrogen) atoms. The molecule has 0 spiro atoms. The number of carbonyl (C=O) groups is 4. The number of rotatable bonds is 6. The highest BCUT2D eigenvalue weighted by molar-refractivity contribution is 6.14. The van der Waals surface area contributed by atoms with Gasteiger partial charge in [-0.2, -0.15) is 8.78 Å². The minimum atomic E-state index is -3.33. The number of hydrogen-bond donors (Lipinski definition) is 0. The first kappa shape index (κ1) is 24.2. The second kappa shape index (κ2) is 9.02. The topological polar surface area (TPSA) is 105 Å². The lowest BCUT2D eigenvalue weighted by Crippen LogP contribution is -2.16. The van der Waals surface area contributed by atoms with Gasteiger partial charge in [-0.1, -0.05) is 0 Å². The molecule has 0 radical (unpaired) electrons. The number of fused-ring (bicyclic) bond motifs is 2. The monoisotopic (exact) mass is 530 g/mol. The number of carbonyl (C=O) groups excluding carboxylic acids is 4. The number of alkyl halides is 2. The van der Waals surface area contributed by atoms with Gasteiger partial charge in [0.05, 0.1) is 22.6 Å². The van der Waals surface area contributed by atoms with Crippen LogP contribution in [0, 0.1) is 5.92 Å². The van der Waals surface area contributed by atoms with Crippen molar-refractivity contribution < 1.29 is 46.9 Å². The van der Waals surface area contributed by atoms with E-state index in [9.17, 15) is 19.2 Å². The van der Waals surface area contributed by atoms with Crippen molar-refractivity contribution in [2.75, 3.05) is 0 Å². The minimum Gasteiger partial charge on any atom is -0.462 e. The number of esters is 4. The molecule has 3 aliphatic rings. The maximum Gasteiger partial charge on any atom is 0.347 e. The average molecular weight is 530 g/mol. The van der Waals surface area contributed by atoms with Gasteiger partial charge in [0.15, 0.2) is 0 Å². The average Bonchev–Trinajstić information content (AvgIpc) is 3.37. The summed E-state index contributed by atoms with van der Waals surface area (Å²) in [6.45, 7) is 0. The first-order valence-electron chi connectivity index (χ1n) is 11.7. The number of cyclic esters (lactones) is 4. The van der Waals surface area contributed by atoms with Gasteiger partial charge in [-0.05, 0) is 78.9 Å². The van der Waals surface area contributed by atoms with Gasteiger partial charge in [0.25, 0.3) is 5.92 Å². The highest BCUT2D eigenvalue weighted by atomic mass is 19.3. The number of halogens is 2. The van der Waals surface area contributed by atoms with E-state index in [4.69, 9.17) is 9.47 Å². The zero-order valence-corrected chi connectivity index (χ0v) is 19.8. The van der Waals surface area contributed by atoms with Crippen molar-refractivity contribution in [1.29, 1.82) is 0 Å². The lowest BCUT2D eigenvalue weighted by Gasteiger charge is -2.19. The molecule has 0 N–H and O–H groups in total. The van der Waals surface area contributed by atoms with Crippen LogP contribution in [-0.4, -0.2) is 23.9 Å². The quantitative estimate of drug-likeness (QED) is 0.316. The van der Waals surface area contributed by atoms with E-state index in [1.165, 1.54) is 72.8 Å². The molecule has 2 aliphatic heterocycles. The lowest BCUT2D eigenvalue weighted by molar-refractivity contribution is -0.152. The molecule has 0 aromatic heterocycles. The molecule has 10 heteroatoms. The first-order chi connectivity index (χ1) is 18.7. The molecule has 1 aliphatic carbocycles. The van der Waals surface area contributed by atoms with Crippen molar-refractivity contribution in [2.24, 2.45) is 5.92 Å². The van der Waals surface area contributed by atoms with E-state index in [1.807, 2.05) is 0 Å². The Bertz CT molecular complexity index is 1620. The van der Waals surface area contributed by atoms with Crippen molar-refractivity contribution in [1.82, 2.24) is 0 Å². The van der Waals surface area contributed by atoms with Crippen LogP contribution in [0.5, 0.6) is 17.2 Å². The lowest BCUT2D eigenvalue weighted by atomic mass is 9.92. The Morgan fingerprint density at radius 3 is 1.92 bits per heavy atom. The SMILES string of the molecule is O=C1OC(=O)C2CC(Oc3ccc(C(F)(F)c4ccc(Oc5ccc6c(c5)C(=O)OC6=O)cc4)cc3)=CC=C12. The van der Waals surface area contributed by atoms with E-state index in [0.29, 0.717) is 11.5 Å².